The number of nitrogens with one attached hydrogen (secondary N) is 1. The van der Waals surface area contributed by atoms with Crippen LogP contribution in [-0.4, -0.2) is 23.9 Å². The number of benzene rings is 2. The van der Waals surface area contributed by atoms with Gasteiger partial charge in [0.15, 0.2) is 9.60 Å². The van der Waals surface area contributed by atoms with Crippen LogP contribution < -0.4 is 0 Å². The maximum Gasteiger partial charge on any atom is 0.198 e. The monoisotopic (exact) mass is 457 g/mol. The number of aromatic nitrogens is 5. The molecule has 1 N–H and O–H groups in total. The van der Waals surface area contributed by atoms with Gasteiger partial charge in [0, 0.05) is 17.7 Å². The van der Waals surface area contributed by atoms with Gasteiger partial charge in [-0.15, -0.1) is 0 Å². The summed E-state index contributed by atoms with van der Waals surface area (Å²) >= 11 is 6.58. The van der Waals surface area contributed by atoms with Crippen LogP contribution in [-0.2, 0) is 13.0 Å². The second-order valence-electron chi connectivity index (χ2n) is 7.89. The van der Waals surface area contributed by atoms with Crippen molar-refractivity contribution in [3.8, 4) is 22.5 Å². The minimum absolute atomic E-state index is 0.614. The summed E-state index contributed by atoms with van der Waals surface area (Å²) in [5, 5.41) is 0. The van der Waals surface area contributed by atoms with Gasteiger partial charge in [-0.05, 0) is 65.9 Å². The van der Waals surface area contributed by atoms with E-state index in [-0.39, 0.29) is 0 Å². The second kappa shape index (κ2) is 8.41. The van der Waals surface area contributed by atoms with Gasteiger partial charge in [0.05, 0.1) is 6.54 Å². The fourth-order valence-corrected chi connectivity index (χ4v) is 4.83. The zero-order valence-electron chi connectivity index (χ0n) is 18.2. The van der Waals surface area contributed by atoms with Crippen molar-refractivity contribution in [3.05, 3.63) is 81.2 Å². The number of rotatable bonds is 5. The number of nitrogens with zero attached hydrogens (tertiary/aromatic N) is 4. The van der Waals surface area contributed by atoms with Gasteiger partial charge in [0.1, 0.15) is 17.2 Å². The third-order valence-corrected chi connectivity index (χ3v) is 6.55. The Balaban J connectivity index is 1.51. The molecule has 0 unspecified atom stereocenters. The quantitative estimate of drug-likeness (QED) is 0.306. The Labute approximate surface area is 196 Å². The summed E-state index contributed by atoms with van der Waals surface area (Å²) in [6, 6.07) is 19.1. The van der Waals surface area contributed by atoms with Gasteiger partial charge in [0.25, 0.3) is 0 Å². The molecular weight excluding hydrogens is 434 g/mol. The van der Waals surface area contributed by atoms with E-state index in [9.17, 15) is 0 Å². The largest absolute Gasteiger partial charge is 0.308 e. The van der Waals surface area contributed by atoms with Crippen LogP contribution in [0, 0.1) is 17.8 Å². The molecule has 5 aromatic rings. The number of hydrogen-bond donors (Lipinski definition) is 1. The van der Waals surface area contributed by atoms with Crippen molar-refractivity contribution >= 4 is 34.9 Å². The first-order chi connectivity index (χ1) is 15.5. The summed E-state index contributed by atoms with van der Waals surface area (Å²) in [6.45, 7) is 7.03. The van der Waals surface area contributed by atoms with Crippen LogP contribution >= 0.6 is 23.8 Å². The zero-order valence-corrected chi connectivity index (χ0v) is 19.8. The highest BCUT2D eigenvalue weighted by molar-refractivity contribution is 7.73. The van der Waals surface area contributed by atoms with E-state index in [0.29, 0.717) is 3.95 Å². The number of hydrogen-bond acceptors (Lipinski definition) is 5. The fourth-order valence-electron chi connectivity index (χ4n) is 4.14. The molecule has 0 atom stereocenters. The average molecular weight is 458 g/mol. The van der Waals surface area contributed by atoms with Crippen LogP contribution in [0.2, 0.25) is 0 Å². The van der Waals surface area contributed by atoms with Gasteiger partial charge in [-0.25, -0.2) is 15.0 Å². The number of H-pyrrole nitrogens is 1. The van der Waals surface area contributed by atoms with Gasteiger partial charge < -0.3 is 4.57 Å². The molecule has 32 heavy (non-hydrogen) atoms. The first kappa shape index (κ1) is 20.7. The summed E-state index contributed by atoms with van der Waals surface area (Å²) in [4.78, 5) is 14.1. The van der Waals surface area contributed by atoms with Gasteiger partial charge in [-0.3, -0.25) is 4.37 Å². The molecule has 2 aromatic carbocycles. The molecule has 0 fully saturated rings. The Bertz CT molecular complexity index is 1470. The number of fused-ring (bicyclic) bond motifs is 1. The van der Waals surface area contributed by atoms with Gasteiger partial charge >= 0.3 is 0 Å². The number of aromatic amines is 1. The number of aryl methyl sites for hydroxylation is 3. The van der Waals surface area contributed by atoms with Crippen molar-refractivity contribution in [2.24, 2.45) is 0 Å². The molecule has 160 valence electrons. The molecule has 5 nitrogen and oxygen atoms in total. The summed E-state index contributed by atoms with van der Waals surface area (Å²) in [6.07, 6.45) is 0.870. The Morgan fingerprint density at radius 1 is 0.969 bits per heavy atom. The average Bonchev–Trinajstić information content (AvgIpc) is 3.38. The first-order valence-electron chi connectivity index (χ1n) is 10.6. The van der Waals surface area contributed by atoms with Crippen LogP contribution in [0.15, 0.2) is 54.6 Å². The second-order valence-corrected chi connectivity index (χ2v) is 9.33. The zero-order chi connectivity index (χ0) is 22.2. The van der Waals surface area contributed by atoms with Crippen LogP contribution in [0.3, 0.4) is 0 Å². The molecule has 7 heteroatoms. The summed E-state index contributed by atoms with van der Waals surface area (Å²) in [5.41, 5.74) is 8.71. The molecule has 0 saturated carbocycles. The lowest BCUT2D eigenvalue weighted by atomic mass is 9.98. The van der Waals surface area contributed by atoms with Crippen molar-refractivity contribution in [1.82, 2.24) is 23.9 Å². The molecule has 3 heterocycles. The molecule has 0 radical (unpaired) electrons. The number of pyridine rings is 1. The molecule has 0 aliphatic carbocycles. The minimum atomic E-state index is 0.614. The highest BCUT2D eigenvalue weighted by Crippen LogP contribution is 2.31. The molecule has 0 saturated heterocycles. The maximum absolute atomic E-state index is 5.20. The lowest BCUT2D eigenvalue weighted by molar-refractivity contribution is 0.745. The highest BCUT2D eigenvalue weighted by atomic mass is 32.2. The van der Waals surface area contributed by atoms with E-state index in [2.05, 4.69) is 76.3 Å². The summed E-state index contributed by atoms with van der Waals surface area (Å²) in [5.74, 6) is 1.88. The fraction of sp³-hybridized carbons (Fsp3) is 0.200. The molecular formula is C25H23N5S2. The van der Waals surface area contributed by atoms with E-state index < -0.39 is 0 Å². The van der Waals surface area contributed by atoms with Crippen molar-refractivity contribution in [1.29, 1.82) is 0 Å². The smallest absolute Gasteiger partial charge is 0.198 e. The maximum atomic E-state index is 5.20. The normalized spacial score (nSPS) is 11.3. The molecule has 3 aromatic heterocycles. The Hall–Kier alpha value is -3.16. The predicted molar refractivity (Wildman–Crippen MR) is 134 cm³/mol. The van der Waals surface area contributed by atoms with E-state index >= 15 is 0 Å². The van der Waals surface area contributed by atoms with E-state index in [1.165, 1.54) is 22.7 Å². The van der Waals surface area contributed by atoms with Crippen molar-refractivity contribution in [2.75, 3.05) is 0 Å². The highest BCUT2D eigenvalue weighted by Gasteiger charge is 2.14. The third-order valence-electron chi connectivity index (χ3n) is 5.64. The Morgan fingerprint density at radius 2 is 1.72 bits per heavy atom. The summed E-state index contributed by atoms with van der Waals surface area (Å²) < 4.78 is 6.08. The predicted octanol–water partition coefficient (Wildman–Crippen LogP) is 6.51. The molecule has 0 bridgehead atoms. The van der Waals surface area contributed by atoms with Crippen LogP contribution in [0.5, 0.6) is 0 Å². The van der Waals surface area contributed by atoms with Crippen molar-refractivity contribution in [2.45, 2.75) is 33.7 Å². The number of imidazole rings is 1. The van der Waals surface area contributed by atoms with Crippen molar-refractivity contribution < 1.29 is 0 Å². The molecule has 5 rings (SSSR count). The van der Waals surface area contributed by atoms with Gasteiger partial charge in [-0.2, -0.15) is 0 Å². The molecule has 0 aliphatic rings. The molecule has 0 aliphatic heterocycles. The Kier molecular flexibility index (Phi) is 5.45. The third kappa shape index (κ3) is 3.78. The summed E-state index contributed by atoms with van der Waals surface area (Å²) in [7, 11) is 0. The lowest BCUT2D eigenvalue weighted by Crippen LogP contribution is -2.05. The van der Waals surface area contributed by atoms with E-state index in [4.69, 9.17) is 22.2 Å². The van der Waals surface area contributed by atoms with Gasteiger partial charge in [0.2, 0.25) is 0 Å². The van der Waals surface area contributed by atoms with Crippen LogP contribution in [0.25, 0.3) is 33.7 Å². The Morgan fingerprint density at radius 3 is 2.41 bits per heavy atom. The van der Waals surface area contributed by atoms with E-state index in [0.717, 1.165) is 58.2 Å². The van der Waals surface area contributed by atoms with Gasteiger partial charge in [-0.1, -0.05) is 55.5 Å². The SMILES string of the molecule is CCc1nc2c(C)cc(C)nc2n1Cc1ccc(-c2ccccc2-c2nc(=S)s[nH]2)cc1. The standard InChI is InChI=1S/C25H23N5S2/c1-4-21-27-22-15(2)13-16(3)26-24(22)30(21)14-17-9-11-18(12-10-17)19-7-5-6-8-20(19)23-28-25(31)32-29-23/h5-13H,4,14H2,1-3H3,(H,28,29,31). The van der Waals surface area contributed by atoms with E-state index in [1.807, 2.05) is 13.0 Å². The minimum Gasteiger partial charge on any atom is -0.308 e. The first-order valence-corrected chi connectivity index (χ1v) is 11.8. The molecule has 0 amide bonds. The van der Waals surface area contributed by atoms with E-state index in [1.54, 1.807) is 0 Å². The topological polar surface area (TPSA) is 59.4 Å². The van der Waals surface area contributed by atoms with Crippen LogP contribution in [0.4, 0.5) is 0 Å². The molecule has 0 spiro atoms. The van der Waals surface area contributed by atoms with Crippen molar-refractivity contribution in [3.63, 3.8) is 0 Å². The van der Waals surface area contributed by atoms with Crippen LogP contribution in [0.1, 0.15) is 29.6 Å². The lowest BCUT2D eigenvalue weighted by Gasteiger charge is -2.11.